The van der Waals surface area contributed by atoms with E-state index in [4.69, 9.17) is 19.0 Å². The van der Waals surface area contributed by atoms with Crippen LogP contribution in [-0.4, -0.2) is 58.9 Å². The molecule has 1 aromatic carbocycles. The molecule has 0 aliphatic heterocycles. The normalized spacial score (nSPS) is 9.86. The molecule has 1 N–H and O–H groups in total. The van der Waals surface area contributed by atoms with Gasteiger partial charge in [0.15, 0.2) is 11.5 Å². The third kappa shape index (κ3) is 4.01. The fraction of sp³-hybridized carbons (Fsp3) is 0.429. The largest absolute Gasteiger partial charge is 0.493 e. The highest BCUT2D eigenvalue weighted by Crippen LogP contribution is 2.38. The van der Waals surface area contributed by atoms with Gasteiger partial charge in [0.25, 0.3) is 11.8 Å². The molecule has 0 atom stereocenters. The summed E-state index contributed by atoms with van der Waals surface area (Å²) < 4.78 is 15.5. The number of hydrogen-bond donors (Lipinski definition) is 1. The summed E-state index contributed by atoms with van der Waals surface area (Å²) in [5, 5.41) is 3.52. The first-order valence-electron chi connectivity index (χ1n) is 6.37. The maximum atomic E-state index is 12.1. The predicted octanol–water partition coefficient (Wildman–Crippen LogP) is 0.462. The molecule has 0 aromatic heterocycles. The lowest BCUT2D eigenvalue weighted by atomic mass is 10.1. The highest BCUT2D eigenvalue weighted by molar-refractivity contribution is 5.97. The maximum absolute atomic E-state index is 12.1. The molecule has 0 radical (unpaired) electrons. The van der Waals surface area contributed by atoms with E-state index in [1.54, 1.807) is 0 Å². The van der Waals surface area contributed by atoms with Crippen LogP contribution in [0.25, 0.3) is 0 Å². The van der Waals surface area contributed by atoms with Crippen molar-refractivity contribution in [2.24, 2.45) is 0 Å². The first kappa shape index (κ1) is 17.6. The Hall–Kier alpha value is -2.48. The monoisotopic (exact) mass is 312 g/mol. The van der Waals surface area contributed by atoms with Gasteiger partial charge in [-0.25, -0.2) is 5.06 Å². The van der Waals surface area contributed by atoms with Crippen LogP contribution >= 0.6 is 0 Å². The van der Waals surface area contributed by atoms with Gasteiger partial charge in [-0.1, -0.05) is 0 Å². The molecule has 1 rings (SSSR count). The Morgan fingerprint density at radius 1 is 1.05 bits per heavy atom. The van der Waals surface area contributed by atoms with Gasteiger partial charge in [-0.05, 0) is 12.1 Å². The molecule has 1 aromatic rings. The topological polar surface area (TPSA) is 86.3 Å². The number of methoxy groups -OCH3 is 3. The number of nitrogens with one attached hydrogen (secondary N) is 1. The predicted molar refractivity (Wildman–Crippen MR) is 78.2 cm³/mol. The van der Waals surface area contributed by atoms with Crippen LogP contribution in [0.4, 0.5) is 0 Å². The highest BCUT2D eigenvalue weighted by Gasteiger charge is 2.18. The minimum atomic E-state index is -0.447. The van der Waals surface area contributed by atoms with Crippen molar-refractivity contribution in [2.45, 2.75) is 0 Å². The van der Waals surface area contributed by atoms with Crippen LogP contribution in [0, 0.1) is 0 Å². The van der Waals surface area contributed by atoms with Crippen LogP contribution in [0.15, 0.2) is 12.1 Å². The van der Waals surface area contributed by atoms with Crippen molar-refractivity contribution in [3.8, 4) is 17.2 Å². The number of rotatable bonds is 7. The number of nitrogens with zero attached hydrogens (tertiary/aromatic N) is 1. The maximum Gasteiger partial charge on any atom is 0.265 e. The molecular formula is C14H20N2O6. The third-order valence-electron chi connectivity index (χ3n) is 2.95. The fourth-order valence-electron chi connectivity index (χ4n) is 1.68. The molecule has 8 heteroatoms. The highest BCUT2D eigenvalue weighted by atomic mass is 16.7. The Balaban J connectivity index is 2.92. The van der Waals surface area contributed by atoms with E-state index < -0.39 is 5.91 Å². The van der Waals surface area contributed by atoms with Gasteiger partial charge < -0.3 is 19.5 Å². The zero-order valence-corrected chi connectivity index (χ0v) is 13.3. The average Bonchev–Trinajstić information content (AvgIpc) is 2.56. The van der Waals surface area contributed by atoms with Gasteiger partial charge in [0, 0.05) is 12.6 Å². The van der Waals surface area contributed by atoms with E-state index in [0.717, 1.165) is 5.06 Å². The van der Waals surface area contributed by atoms with E-state index in [9.17, 15) is 9.59 Å². The van der Waals surface area contributed by atoms with E-state index in [2.05, 4.69) is 5.32 Å². The quantitative estimate of drug-likeness (QED) is 0.736. The van der Waals surface area contributed by atoms with Crippen molar-refractivity contribution in [3.05, 3.63) is 17.7 Å². The molecular weight excluding hydrogens is 292 g/mol. The summed E-state index contributed by atoms with van der Waals surface area (Å²) in [4.78, 5) is 28.4. The van der Waals surface area contributed by atoms with E-state index in [0.29, 0.717) is 17.2 Å². The summed E-state index contributed by atoms with van der Waals surface area (Å²) in [5.74, 6) is 0.261. The average molecular weight is 312 g/mol. The van der Waals surface area contributed by atoms with Crippen LogP contribution in [0.2, 0.25) is 0 Å². The Labute approximate surface area is 128 Å². The molecule has 0 aliphatic rings. The zero-order chi connectivity index (χ0) is 16.7. The lowest BCUT2D eigenvalue weighted by molar-refractivity contribution is -0.167. The zero-order valence-electron chi connectivity index (χ0n) is 13.3. The van der Waals surface area contributed by atoms with E-state index in [1.165, 1.54) is 47.6 Å². The number of hydrogen-bond acceptors (Lipinski definition) is 6. The first-order chi connectivity index (χ1) is 10.5. The smallest absolute Gasteiger partial charge is 0.265 e. The molecule has 122 valence electrons. The van der Waals surface area contributed by atoms with Crippen molar-refractivity contribution in [1.29, 1.82) is 0 Å². The van der Waals surface area contributed by atoms with Gasteiger partial charge in [0.2, 0.25) is 5.75 Å². The Bertz CT molecular complexity index is 521. The van der Waals surface area contributed by atoms with Gasteiger partial charge in [-0.3, -0.25) is 14.4 Å². The van der Waals surface area contributed by atoms with Crippen LogP contribution in [0.5, 0.6) is 17.2 Å². The Morgan fingerprint density at radius 3 is 2.00 bits per heavy atom. The van der Waals surface area contributed by atoms with Gasteiger partial charge in [-0.2, -0.15) is 0 Å². The van der Waals surface area contributed by atoms with Crippen molar-refractivity contribution < 1.29 is 28.6 Å². The van der Waals surface area contributed by atoms with Crippen LogP contribution in [0.1, 0.15) is 10.4 Å². The SMILES string of the molecule is COc1cc(C(=O)NCC(=O)N(C)OC)cc(OC)c1OC. The van der Waals surface area contributed by atoms with Crippen LogP contribution in [0.3, 0.4) is 0 Å². The second kappa shape index (κ2) is 8.08. The standard InChI is InChI=1S/C14H20N2O6/c1-16(22-5)12(17)8-15-14(18)9-6-10(19-2)13(21-4)11(7-9)20-3/h6-7H,8H2,1-5H3,(H,15,18). The van der Waals surface area contributed by atoms with E-state index in [1.807, 2.05) is 0 Å². The molecule has 0 fully saturated rings. The lowest BCUT2D eigenvalue weighted by Crippen LogP contribution is -2.37. The number of hydroxylamine groups is 2. The number of ether oxygens (including phenoxy) is 3. The second-order valence-corrected chi connectivity index (χ2v) is 4.17. The fourth-order valence-corrected chi connectivity index (χ4v) is 1.68. The summed E-state index contributed by atoms with van der Waals surface area (Å²) in [6.07, 6.45) is 0. The van der Waals surface area contributed by atoms with Gasteiger partial charge >= 0.3 is 0 Å². The van der Waals surface area contributed by atoms with Gasteiger partial charge in [-0.15, -0.1) is 0 Å². The molecule has 8 nitrogen and oxygen atoms in total. The third-order valence-corrected chi connectivity index (χ3v) is 2.95. The van der Waals surface area contributed by atoms with Gasteiger partial charge in [0.1, 0.15) is 0 Å². The van der Waals surface area contributed by atoms with Crippen LogP contribution < -0.4 is 19.5 Å². The first-order valence-corrected chi connectivity index (χ1v) is 6.37. The molecule has 0 unspecified atom stereocenters. The minimum Gasteiger partial charge on any atom is -0.493 e. The van der Waals surface area contributed by atoms with Crippen molar-refractivity contribution >= 4 is 11.8 Å². The number of likely N-dealkylation sites (N-methyl/N-ethyl adjacent to an activating group) is 1. The number of benzene rings is 1. The molecule has 0 saturated carbocycles. The number of carbonyl (C=O) groups is 2. The molecule has 0 saturated heterocycles. The summed E-state index contributed by atoms with van der Waals surface area (Å²) in [6.45, 7) is -0.195. The summed E-state index contributed by atoms with van der Waals surface area (Å²) in [6, 6.07) is 3.00. The summed E-state index contributed by atoms with van der Waals surface area (Å²) in [7, 11) is 7.19. The van der Waals surface area contributed by atoms with Crippen molar-refractivity contribution in [2.75, 3.05) is 42.0 Å². The molecule has 0 bridgehead atoms. The van der Waals surface area contributed by atoms with E-state index in [-0.39, 0.29) is 18.0 Å². The molecule has 0 heterocycles. The Morgan fingerprint density at radius 2 is 1.59 bits per heavy atom. The summed E-state index contributed by atoms with van der Waals surface area (Å²) in [5.41, 5.74) is 0.280. The Kier molecular flexibility index (Phi) is 6.46. The van der Waals surface area contributed by atoms with Crippen molar-refractivity contribution in [1.82, 2.24) is 10.4 Å². The second-order valence-electron chi connectivity index (χ2n) is 4.17. The van der Waals surface area contributed by atoms with E-state index >= 15 is 0 Å². The summed E-state index contributed by atoms with van der Waals surface area (Å²) >= 11 is 0. The minimum absolute atomic E-state index is 0.195. The lowest BCUT2D eigenvalue weighted by Gasteiger charge is -2.15. The number of amides is 2. The van der Waals surface area contributed by atoms with Crippen LogP contribution in [-0.2, 0) is 9.63 Å². The number of carbonyl (C=O) groups excluding carboxylic acids is 2. The molecule has 2 amide bonds. The van der Waals surface area contributed by atoms with Gasteiger partial charge in [0.05, 0.1) is 35.0 Å². The molecule has 0 aliphatic carbocycles. The van der Waals surface area contributed by atoms with Crippen molar-refractivity contribution in [3.63, 3.8) is 0 Å². The molecule has 0 spiro atoms. The molecule has 22 heavy (non-hydrogen) atoms.